The lowest BCUT2D eigenvalue weighted by molar-refractivity contribution is -0.136. The highest BCUT2D eigenvalue weighted by Crippen LogP contribution is 2.30. The van der Waals surface area contributed by atoms with Crippen molar-refractivity contribution in [2.24, 2.45) is 5.41 Å². The molecule has 1 amide bonds. The molecule has 0 spiro atoms. The van der Waals surface area contributed by atoms with Gasteiger partial charge in [0.15, 0.2) is 0 Å². The molecule has 1 fully saturated rings. The van der Waals surface area contributed by atoms with Gasteiger partial charge in [-0.05, 0) is 42.5 Å². The number of nitrogens with one attached hydrogen (secondary N) is 2. The summed E-state index contributed by atoms with van der Waals surface area (Å²) in [6.45, 7) is 8.73. The second-order valence-electron chi connectivity index (χ2n) is 8.06. The molecule has 0 saturated carbocycles. The molecule has 2 rings (SSSR count). The van der Waals surface area contributed by atoms with E-state index in [1.54, 1.807) is 7.11 Å². The number of rotatable bonds is 6. The molecule has 1 saturated heterocycles. The number of benzene rings is 1. The third-order valence-electron chi connectivity index (χ3n) is 5.08. The fraction of sp³-hybridized carbons (Fsp3) is 0.650. The first-order chi connectivity index (χ1) is 11.8. The van der Waals surface area contributed by atoms with Crippen molar-refractivity contribution in [3.63, 3.8) is 0 Å². The van der Waals surface area contributed by atoms with Crippen molar-refractivity contribution >= 4 is 5.91 Å². The van der Waals surface area contributed by atoms with E-state index in [-0.39, 0.29) is 17.9 Å². The van der Waals surface area contributed by atoms with E-state index in [9.17, 15) is 9.90 Å². The van der Waals surface area contributed by atoms with E-state index in [4.69, 9.17) is 4.74 Å². The topological polar surface area (TPSA) is 70.6 Å². The summed E-state index contributed by atoms with van der Waals surface area (Å²) in [5.41, 5.74) is 1.63. The van der Waals surface area contributed by atoms with Gasteiger partial charge in [0.1, 0.15) is 0 Å². The summed E-state index contributed by atoms with van der Waals surface area (Å²) in [6.07, 6.45) is 0.797. The molecule has 0 radical (unpaired) electrons. The van der Waals surface area contributed by atoms with Gasteiger partial charge in [-0.25, -0.2) is 0 Å². The van der Waals surface area contributed by atoms with E-state index >= 15 is 0 Å². The molecule has 1 aliphatic heterocycles. The van der Waals surface area contributed by atoms with Crippen LogP contribution in [0.1, 0.15) is 50.8 Å². The van der Waals surface area contributed by atoms with E-state index in [1.807, 2.05) is 24.3 Å². The molecule has 1 aromatic carbocycles. The third-order valence-corrected chi connectivity index (χ3v) is 5.08. The fourth-order valence-corrected chi connectivity index (χ4v) is 3.32. The Morgan fingerprint density at radius 3 is 2.40 bits per heavy atom. The lowest BCUT2D eigenvalue weighted by atomic mass is 9.78. The van der Waals surface area contributed by atoms with Crippen molar-refractivity contribution in [2.75, 3.05) is 33.4 Å². The Balaban J connectivity index is 1.96. The van der Waals surface area contributed by atoms with Gasteiger partial charge in [0.25, 0.3) is 0 Å². The summed E-state index contributed by atoms with van der Waals surface area (Å²) in [6, 6.07) is 7.96. The van der Waals surface area contributed by atoms with Gasteiger partial charge >= 0.3 is 0 Å². The fourth-order valence-electron chi connectivity index (χ4n) is 3.32. The van der Waals surface area contributed by atoms with Crippen LogP contribution in [0.5, 0.6) is 0 Å². The molecule has 0 bridgehead atoms. The molecule has 1 heterocycles. The van der Waals surface area contributed by atoms with Gasteiger partial charge in [-0.15, -0.1) is 0 Å². The predicted octanol–water partition coefficient (Wildman–Crippen LogP) is 2.15. The molecular formula is C20H32N2O3. The van der Waals surface area contributed by atoms with Crippen molar-refractivity contribution in [1.29, 1.82) is 0 Å². The first kappa shape index (κ1) is 19.9. The summed E-state index contributed by atoms with van der Waals surface area (Å²) < 4.78 is 5.29. The lowest BCUT2D eigenvalue weighted by Gasteiger charge is -2.35. The number of aliphatic hydroxyl groups is 1. The minimum absolute atomic E-state index is 0.0267. The number of aliphatic hydroxyl groups excluding tert-OH is 1. The average Bonchev–Trinajstić information content (AvgIpc) is 2.59. The Morgan fingerprint density at radius 2 is 1.88 bits per heavy atom. The van der Waals surface area contributed by atoms with Crippen molar-refractivity contribution in [1.82, 2.24) is 10.6 Å². The van der Waals surface area contributed by atoms with Gasteiger partial charge in [-0.3, -0.25) is 4.79 Å². The summed E-state index contributed by atoms with van der Waals surface area (Å²) >= 11 is 0. The zero-order valence-electron chi connectivity index (χ0n) is 15.9. The molecule has 140 valence electrons. The van der Waals surface area contributed by atoms with Gasteiger partial charge < -0.3 is 20.5 Å². The molecule has 1 aromatic rings. The number of piperidine rings is 1. The number of hydrogen-bond donors (Lipinski definition) is 3. The Morgan fingerprint density at radius 1 is 1.28 bits per heavy atom. The van der Waals surface area contributed by atoms with Crippen LogP contribution in [0.15, 0.2) is 24.3 Å². The van der Waals surface area contributed by atoms with Gasteiger partial charge in [0.2, 0.25) is 5.91 Å². The first-order valence-electron chi connectivity index (χ1n) is 9.05. The number of methoxy groups -OCH3 is 1. The molecule has 1 unspecified atom stereocenters. The van der Waals surface area contributed by atoms with E-state index in [0.29, 0.717) is 6.61 Å². The molecule has 1 aliphatic rings. The van der Waals surface area contributed by atoms with Crippen molar-refractivity contribution in [3.8, 4) is 0 Å². The smallest absolute Gasteiger partial charge is 0.228 e. The zero-order valence-corrected chi connectivity index (χ0v) is 15.9. The van der Waals surface area contributed by atoms with Crippen LogP contribution in [0, 0.1) is 5.41 Å². The van der Waals surface area contributed by atoms with E-state index in [0.717, 1.165) is 31.5 Å². The Bertz CT molecular complexity index is 552. The van der Waals surface area contributed by atoms with Crippen LogP contribution < -0.4 is 10.6 Å². The molecule has 1 atom stereocenters. The number of hydrogen-bond acceptors (Lipinski definition) is 4. The molecule has 5 heteroatoms. The normalized spacial score (nSPS) is 18.6. The zero-order chi connectivity index (χ0) is 18.5. The Kier molecular flexibility index (Phi) is 6.60. The highest BCUT2D eigenvalue weighted by Gasteiger charge is 2.39. The molecule has 0 aliphatic carbocycles. The van der Waals surface area contributed by atoms with Crippen molar-refractivity contribution in [3.05, 3.63) is 35.4 Å². The number of carbonyl (C=O) groups is 1. The Labute approximate surface area is 151 Å². The van der Waals surface area contributed by atoms with Gasteiger partial charge in [0, 0.05) is 13.7 Å². The predicted molar refractivity (Wildman–Crippen MR) is 99.5 cm³/mol. The Hall–Kier alpha value is -1.43. The minimum atomic E-state index is -0.709. The average molecular weight is 348 g/mol. The third kappa shape index (κ3) is 5.03. The maximum absolute atomic E-state index is 12.7. The SMILES string of the molecule is COCC1(C(=O)NCC(O)c2ccc(C(C)(C)C)cc2)CCNCC1. The van der Waals surface area contributed by atoms with Crippen LogP contribution >= 0.6 is 0 Å². The van der Waals surface area contributed by atoms with E-state index < -0.39 is 11.5 Å². The van der Waals surface area contributed by atoms with Crippen LogP contribution in [0.25, 0.3) is 0 Å². The van der Waals surface area contributed by atoms with Gasteiger partial charge in [0.05, 0.1) is 18.1 Å². The number of ether oxygens (including phenoxy) is 1. The van der Waals surface area contributed by atoms with Crippen LogP contribution in [0.4, 0.5) is 0 Å². The quantitative estimate of drug-likeness (QED) is 0.737. The standard InChI is InChI=1S/C20H32N2O3/c1-19(2,3)16-7-5-15(6-8-16)17(23)13-22-18(24)20(14-25-4)9-11-21-12-10-20/h5-8,17,21,23H,9-14H2,1-4H3,(H,22,24). The number of carbonyl (C=O) groups excluding carboxylic acids is 1. The highest BCUT2D eigenvalue weighted by atomic mass is 16.5. The molecular weight excluding hydrogens is 316 g/mol. The summed E-state index contributed by atoms with van der Waals surface area (Å²) in [5.74, 6) is -0.0267. The summed E-state index contributed by atoms with van der Waals surface area (Å²) in [7, 11) is 1.63. The summed E-state index contributed by atoms with van der Waals surface area (Å²) in [5, 5.41) is 16.6. The highest BCUT2D eigenvalue weighted by molar-refractivity contribution is 5.83. The van der Waals surface area contributed by atoms with E-state index in [1.165, 1.54) is 5.56 Å². The second kappa shape index (κ2) is 8.30. The molecule has 25 heavy (non-hydrogen) atoms. The number of amides is 1. The van der Waals surface area contributed by atoms with Gasteiger partial charge in [-0.2, -0.15) is 0 Å². The monoisotopic (exact) mass is 348 g/mol. The molecule has 0 aromatic heterocycles. The van der Waals surface area contributed by atoms with Crippen molar-refractivity contribution in [2.45, 2.75) is 45.1 Å². The molecule has 3 N–H and O–H groups in total. The van der Waals surface area contributed by atoms with Crippen LogP contribution in [-0.4, -0.2) is 44.4 Å². The second-order valence-corrected chi connectivity index (χ2v) is 8.06. The van der Waals surface area contributed by atoms with E-state index in [2.05, 4.69) is 31.4 Å². The van der Waals surface area contributed by atoms with Crippen LogP contribution in [0.2, 0.25) is 0 Å². The van der Waals surface area contributed by atoms with Crippen molar-refractivity contribution < 1.29 is 14.6 Å². The first-order valence-corrected chi connectivity index (χ1v) is 9.05. The maximum atomic E-state index is 12.7. The maximum Gasteiger partial charge on any atom is 0.228 e. The summed E-state index contributed by atoms with van der Waals surface area (Å²) in [4.78, 5) is 12.7. The minimum Gasteiger partial charge on any atom is -0.387 e. The van der Waals surface area contributed by atoms with Crippen LogP contribution in [-0.2, 0) is 14.9 Å². The largest absolute Gasteiger partial charge is 0.387 e. The van der Waals surface area contributed by atoms with Crippen LogP contribution in [0.3, 0.4) is 0 Å². The lowest BCUT2D eigenvalue weighted by Crippen LogP contribution is -2.50. The molecule has 5 nitrogen and oxygen atoms in total. The van der Waals surface area contributed by atoms with Gasteiger partial charge in [-0.1, -0.05) is 45.0 Å².